The first-order valence-electron chi connectivity index (χ1n) is 17.3. The maximum absolute atomic E-state index is 6.66. The maximum Gasteiger partial charge on any atom is 0.179 e. The molecule has 0 radical (unpaired) electrons. The molecule has 0 bridgehead atoms. The van der Waals surface area contributed by atoms with Crippen molar-refractivity contribution in [3.8, 4) is 67.9 Å². The first kappa shape index (κ1) is 29.3. The van der Waals surface area contributed by atoms with E-state index in [1.54, 1.807) is 0 Å². The first-order chi connectivity index (χ1) is 25.2. The second-order valence-electron chi connectivity index (χ2n) is 13.2. The molecular formula is C47H31N3O. The largest absolute Gasteiger partial charge is 0.457 e. The van der Waals surface area contributed by atoms with Crippen molar-refractivity contribution in [2.24, 2.45) is 0 Å². The summed E-state index contributed by atoms with van der Waals surface area (Å²) in [7, 11) is 0. The monoisotopic (exact) mass is 653 g/mol. The zero-order valence-electron chi connectivity index (χ0n) is 27.9. The summed E-state index contributed by atoms with van der Waals surface area (Å²) in [4.78, 5) is 15.5. The normalized spacial score (nSPS) is 13.1. The van der Waals surface area contributed by atoms with Gasteiger partial charge in [0.15, 0.2) is 5.82 Å². The Kier molecular flexibility index (Phi) is 6.58. The molecule has 240 valence electrons. The van der Waals surface area contributed by atoms with Crippen molar-refractivity contribution in [1.82, 2.24) is 15.0 Å². The average Bonchev–Trinajstić information content (AvgIpc) is 3.49. The number of fused-ring (bicyclic) bond motifs is 9. The number of aromatic nitrogens is 3. The van der Waals surface area contributed by atoms with Gasteiger partial charge in [0, 0.05) is 33.4 Å². The molecule has 0 atom stereocenters. The van der Waals surface area contributed by atoms with Crippen molar-refractivity contribution in [3.05, 3.63) is 198 Å². The van der Waals surface area contributed by atoms with Crippen LogP contribution in [0.5, 0.6) is 11.5 Å². The molecule has 1 aliphatic carbocycles. The lowest BCUT2D eigenvalue weighted by molar-refractivity contribution is 0.436. The van der Waals surface area contributed by atoms with Crippen LogP contribution in [0.4, 0.5) is 0 Å². The Balaban J connectivity index is 1.16. The van der Waals surface area contributed by atoms with Crippen molar-refractivity contribution < 1.29 is 4.74 Å². The van der Waals surface area contributed by atoms with Gasteiger partial charge in [0.25, 0.3) is 0 Å². The number of benzene rings is 6. The van der Waals surface area contributed by atoms with Crippen molar-refractivity contribution in [2.75, 3.05) is 0 Å². The number of para-hydroxylation sites is 1. The van der Waals surface area contributed by atoms with E-state index in [0.717, 1.165) is 62.0 Å². The predicted molar refractivity (Wildman–Crippen MR) is 204 cm³/mol. The number of rotatable bonds is 4. The first-order valence-corrected chi connectivity index (χ1v) is 17.3. The van der Waals surface area contributed by atoms with Crippen LogP contribution in [-0.4, -0.2) is 15.0 Å². The Hall–Kier alpha value is -6.65. The Bertz CT molecular complexity index is 2520. The molecule has 1 spiro atoms. The van der Waals surface area contributed by atoms with Gasteiger partial charge in [-0.05, 0) is 65.6 Å². The highest BCUT2D eigenvalue weighted by Crippen LogP contribution is 2.62. The van der Waals surface area contributed by atoms with E-state index in [4.69, 9.17) is 19.7 Å². The van der Waals surface area contributed by atoms with Crippen molar-refractivity contribution in [3.63, 3.8) is 0 Å². The molecule has 2 aliphatic rings. The summed E-state index contributed by atoms with van der Waals surface area (Å²) in [6.45, 7) is 2.10. The molecule has 3 heterocycles. The van der Waals surface area contributed by atoms with Gasteiger partial charge in [0.1, 0.15) is 17.2 Å². The summed E-state index contributed by atoms with van der Waals surface area (Å²) in [6, 6.07) is 59.3. The maximum atomic E-state index is 6.66. The molecule has 0 fully saturated rings. The highest BCUT2D eigenvalue weighted by molar-refractivity contribution is 5.89. The van der Waals surface area contributed by atoms with E-state index in [9.17, 15) is 0 Å². The second-order valence-corrected chi connectivity index (χ2v) is 13.2. The molecule has 4 heteroatoms. The molecule has 8 aromatic rings. The zero-order chi connectivity index (χ0) is 33.9. The molecule has 51 heavy (non-hydrogen) atoms. The summed E-state index contributed by atoms with van der Waals surface area (Å²) in [6.07, 6.45) is 0. The van der Waals surface area contributed by atoms with Crippen LogP contribution >= 0.6 is 0 Å². The van der Waals surface area contributed by atoms with Crippen molar-refractivity contribution in [2.45, 2.75) is 12.3 Å². The van der Waals surface area contributed by atoms with E-state index in [0.29, 0.717) is 11.5 Å². The third-order valence-electron chi connectivity index (χ3n) is 10.4. The van der Waals surface area contributed by atoms with Crippen LogP contribution in [0.2, 0.25) is 0 Å². The Morgan fingerprint density at radius 2 is 0.941 bits per heavy atom. The summed E-state index contributed by atoms with van der Waals surface area (Å²) in [5, 5.41) is 0. The molecule has 0 N–H and O–H groups in total. The highest BCUT2D eigenvalue weighted by atomic mass is 16.5. The summed E-state index contributed by atoms with van der Waals surface area (Å²) in [5.41, 5.74) is 14.2. The quantitative estimate of drug-likeness (QED) is 0.190. The van der Waals surface area contributed by atoms with Crippen LogP contribution in [0.3, 0.4) is 0 Å². The fraction of sp³-hybridized carbons (Fsp3) is 0.0426. The average molecular weight is 654 g/mol. The zero-order valence-corrected chi connectivity index (χ0v) is 27.9. The van der Waals surface area contributed by atoms with Crippen LogP contribution in [0, 0.1) is 6.92 Å². The Morgan fingerprint density at radius 1 is 0.412 bits per heavy atom. The number of nitrogens with zero attached hydrogens (tertiary/aromatic N) is 3. The van der Waals surface area contributed by atoms with Crippen LogP contribution in [0.15, 0.2) is 170 Å². The molecule has 1 aliphatic heterocycles. The lowest BCUT2D eigenvalue weighted by Crippen LogP contribution is -2.32. The summed E-state index contributed by atoms with van der Waals surface area (Å²) in [5.74, 6) is 2.32. The summed E-state index contributed by atoms with van der Waals surface area (Å²) >= 11 is 0. The number of ether oxygens (including phenoxy) is 1. The van der Waals surface area contributed by atoms with E-state index in [1.807, 2.05) is 54.6 Å². The van der Waals surface area contributed by atoms with Gasteiger partial charge >= 0.3 is 0 Å². The third-order valence-corrected chi connectivity index (χ3v) is 10.4. The minimum absolute atomic E-state index is 0.541. The second kappa shape index (κ2) is 11.5. The van der Waals surface area contributed by atoms with E-state index >= 15 is 0 Å². The van der Waals surface area contributed by atoms with Crippen LogP contribution in [0.1, 0.15) is 27.8 Å². The topological polar surface area (TPSA) is 47.9 Å². The Labute approximate surface area is 296 Å². The van der Waals surface area contributed by atoms with Crippen LogP contribution < -0.4 is 4.74 Å². The molecule has 0 saturated carbocycles. The lowest BCUT2D eigenvalue weighted by atomic mass is 9.66. The molecule has 0 saturated heterocycles. The van der Waals surface area contributed by atoms with Gasteiger partial charge in [0.2, 0.25) is 0 Å². The van der Waals surface area contributed by atoms with E-state index in [1.165, 1.54) is 22.3 Å². The number of hydrogen-bond donors (Lipinski definition) is 0. The van der Waals surface area contributed by atoms with E-state index < -0.39 is 5.41 Å². The van der Waals surface area contributed by atoms with Crippen LogP contribution in [0.25, 0.3) is 56.4 Å². The van der Waals surface area contributed by atoms with Crippen LogP contribution in [-0.2, 0) is 5.41 Å². The minimum Gasteiger partial charge on any atom is -0.457 e. The van der Waals surface area contributed by atoms with Gasteiger partial charge in [-0.25, -0.2) is 15.0 Å². The van der Waals surface area contributed by atoms with Gasteiger partial charge < -0.3 is 4.74 Å². The van der Waals surface area contributed by atoms with E-state index in [-0.39, 0.29) is 0 Å². The fourth-order valence-corrected chi connectivity index (χ4v) is 8.12. The summed E-state index contributed by atoms with van der Waals surface area (Å²) < 4.78 is 6.66. The standard InChI is InChI=1S/C47H31N3O/c1-30-44(31-15-4-2-5-16-31)49-46(50-45(30)32-17-6-3-7-18-32)41-25-14-24-40(48-41)33-27-28-43-39(29-33)47(38-23-12-13-26-42(38)51-43)36-21-10-8-19-34(36)35-20-9-11-22-37(35)47/h2-29H,1H3. The molecule has 2 aromatic heterocycles. The van der Waals surface area contributed by atoms with Crippen molar-refractivity contribution >= 4 is 0 Å². The molecule has 10 rings (SSSR count). The lowest BCUT2D eigenvalue weighted by Gasteiger charge is -2.39. The SMILES string of the molecule is Cc1c(-c2ccccc2)nc(-c2cccc(-c3ccc4c(c3)C3(c5ccccc5O4)c4ccccc4-c4ccccc43)n2)nc1-c1ccccc1. The Morgan fingerprint density at radius 3 is 1.59 bits per heavy atom. The van der Waals surface area contributed by atoms with Crippen molar-refractivity contribution in [1.29, 1.82) is 0 Å². The fourth-order valence-electron chi connectivity index (χ4n) is 8.12. The number of hydrogen-bond acceptors (Lipinski definition) is 4. The molecule has 0 unspecified atom stereocenters. The van der Waals surface area contributed by atoms with E-state index in [2.05, 4.69) is 122 Å². The minimum atomic E-state index is -0.541. The third kappa shape index (κ3) is 4.43. The molecule has 0 amide bonds. The van der Waals surface area contributed by atoms with Gasteiger partial charge in [-0.3, -0.25) is 0 Å². The van der Waals surface area contributed by atoms with Gasteiger partial charge in [-0.15, -0.1) is 0 Å². The highest BCUT2D eigenvalue weighted by Gasteiger charge is 2.51. The molecular weight excluding hydrogens is 623 g/mol. The smallest absolute Gasteiger partial charge is 0.179 e. The molecule has 6 aromatic carbocycles. The van der Waals surface area contributed by atoms with Gasteiger partial charge in [0.05, 0.1) is 22.5 Å². The number of pyridine rings is 1. The predicted octanol–water partition coefficient (Wildman–Crippen LogP) is 11.3. The molecule has 4 nitrogen and oxygen atoms in total. The van der Waals surface area contributed by atoms with Gasteiger partial charge in [-0.2, -0.15) is 0 Å². The van der Waals surface area contributed by atoms with Gasteiger partial charge in [-0.1, -0.05) is 133 Å².